The van der Waals surface area contributed by atoms with Crippen LogP contribution in [0.3, 0.4) is 0 Å². The zero-order valence-corrected chi connectivity index (χ0v) is 12.6. The molecule has 0 aromatic heterocycles. The van der Waals surface area contributed by atoms with E-state index in [1.54, 1.807) is 0 Å². The highest BCUT2D eigenvalue weighted by Crippen LogP contribution is 2.17. The summed E-state index contributed by atoms with van der Waals surface area (Å²) in [7, 11) is 0. The Morgan fingerprint density at radius 1 is 1.25 bits per heavy atom. The second-order valence-electron chi connectivity index (χ2n) is 6.03. The Labute approximate surface area is 122 Å². The van der Waals surface area contributed by atoms with E-state index in [1.807, 2.05) is 18.2 Å². The molecule has 0 unspecified atom stereocenters. The lowest BCUT2D eigenvalue weighted by molar-refractivity contribution is -0.123. The van der Waals surface area contributed by atoms with Crippen LogP contribution in [0, 0.1) is 0 Å². The molecule has 0 spiro atoms. The van der Waals surface area contributed by atoms with Crippen molar-refractivity contribution in [3.05, 3.63) is 35.9 Å². The monoisotopic (exact) mass is 274 g/mol. The van der Waals surface area contributed by atoms with Crippen LogP contribution in [-0.2, 0) is 11.3 Å². The van der Waals surface area contributed by atoms with E-state index in [2.05, 4.69) is 36.2 Å². The number of amides is 1. The van der Waals surface area contributed by atoms with Crippen LogP contribution < -0.4 is 5.32 Å². The molecule has 3 heteroatoms. The number of nitrogens with one attached hydrogen (secondary N) is 1. The maximum atomic E-state index is 12.2. The average molecular weight is 274 g/mol. The number of benzene rings is 1. The smallest absolute Gasteiger partial charge is 0.234 e. The summed E-state index contributed by atoms with van der Waals surface area (Å²) in [5, 5.41) is 3.17. The molecule has 1 saturated carbocycles. The maximum Gasteiger partial charge on any atom is 0.234 e. The Morgan fingerprint density at radius 2 is 1.90 bits per heavy atom. The zero-order valence-electron chi connectivity index (χ0n) is 12.6. The van der Waals surface area contributed by atoms with Gasteiger partial charge in [-0.15, -0.1) is 0 Å². The summed E-state index contributed by atoms with van der Waals surface area (Å²) in [5.41, 5.74) is 1.26. The standard InChI is InChI=1S/C17H26N2O/c1-14(2)19(12-15-8-4-3-5-9-15)13-17(20)18-16-10-6-7-11-16/h3-5,8-9,14,16H,6-7,10-13H2,1-2H3,(H,18,20). The highest BCUT2D eigenvalue weighted by Gasteiger charge is 2.19. The molecule has 3 nitrogen and oxygen atoms in total. The first-order valence-electron chi connectivity index (χ1n) is 7.72. The second-order valence-corrected chi connectivity index (χ2v) is 6.03. The Morgan fingerprint density at radius 3 is 2.50 bits per heavy atom. The third-order valence-electron chi connectivity index (χ3n) is 4.03. The van der Waals surface area contributed by atoms with Crippen molar-refractivity contribution in [2.24, 2.45) is 0 Å². The van der Waals surface area contributed by atoms with Gasteiger partial charge in [-0.1, -0.05) is 43.2 Å². The predicted molar refractivity (Wildman–Crippen MR) is 82.4 cm³/mol. The van der Waals surface area contributed by atoms with Gasteiger partial charge in [-0.25, -0.2) is 0 Å². The van der Waals surface area contributed by atoms with Crippen molar-refractivity contribution in [1.29, 1.82) is 0 Å². The molecule has 1 aromatic carbocycles. The van der Waals surface area contributed by atoms with Gasteiger partial charge in [-0.2, -0.15) is 0 Å². The lowest BCUT2D eigenvalue weighted by Gasteiger charge is -2.26. The third-order valence-corrected chi connectivity index (χ3v) is 4.03. The summed E-state index contributed by atoms with van der Waals surface area (Å²) in [6.07, 6.45) is 4.80. The van der Waals surface area contributed by atoms with Gasteiger partial charge in [0.1, 0.15) is 0 Å². The Hall–Kier alpha value is -1.35. The van der Waals surface area contributed by atoms with Gasteiger partial charge in [0.15, 0.2) is 0 Å². The molecule has 1 N–H and O–H groups in total. The third kappa shape index (κ3) is 4.64. The van der Waals surface area contributed by atoms with Gasteiger partial charge in [-0.05, 0) is 32.3 Å². The first kappa shape index (κ1) is 15.0. The topological polar surface area (TPSA) is 32.3 Å². The van der Waals surface area contributed by atoms with Crippen LogP contribution in [0.4, 0.5) is 0 Å². The molecule has 0 atom stereocenters. The molecule has 2 rings (SSSR count). The number of carbonyl (C=O) groups excluding carboxylic acids is 1. The van der Waals surface area contributed by atoms with E-state index in [-0.39, 0.29) is 5.91 Å². The molecule has 1 aliphatic carbocycles. The SMILES string of the molecule is CC(C)N(CC(=O)NC1CCCC1)Cc1ccccc1. The Balaban J connectivity index is 1.86. The first-order chi connectivity index (χ1) is 9.65. The van der Waals surface area contributed by atoms with E-state index in [9.17, 15) is 4.79 Å². The van der Waals surface area contributed by atoms with E-state index in [0.717, 1.165) is 19.4 Å². The fourth-order valence-electron chi connectivity index (χ4n) is 2.77. The molecule has 1 aromatic rings. The molecule has 110 valence electrons. The lowest BCUT2D eigenvalue weighted by atomic mass is 10.2. The summed E-state index contributed by atoms with van der Waals surface area (Å²) in [6.45, 7) is 5.61. The summed E-state index contributed by atoms with van der Waals surface area (Å²) in [6, 6.07) is 11.1. The largest absolute Gasteiger partial charge is 0.352 e. The minimum Gasteiger partial charge on any atom is -0.352 e. The number of nitrogens with zero attached hydrogens (tertiary/aromatic N) is 1. The van der Waals surface area contributed by atoms with Crippen LogP contribution in [0.1, 0.15) is 45.1 Å². The molecule has 0 bridgehead atoms. The van der Waals surface area contributed by atoms with Gasteiger partial charge in [0.25, 0.3) is 0 Å². The number of hydrogen-bond acceptors (Lipinski definition) is 2. The fourth-order valence-corrected chi connectivity index (χ4v) is 2.77. The zero-order chi connectivity index (χ0) is 14.4. The van der Waals surface area contributed by atoms with Gasteiger partial charge in [0, 0.05) is 18.6 Å². The molecular formula is C17H26N2O. The molecule has 0 aliphatic heterocycles. The minimum absolute atomic E-state index is 0.168. The maximum absolute atomic E-state index is 12.2. The van der Waals surface area contributed by atoms with Crippen molar-refractivity contribution in [1.82, 2.24) is 10.2 Å². The number of rotatable bonds is 6. The summed E-state index contributed by atoms with van der Waals surface area (Å²) in [4.78, 5) is 14.4. The van der Waals surface area contributed by atoms with Crippen molar-refractivity contribution in [2.45, 2.75) is 58.2 Å². The molecule has 1 amide bonds. The average Bonchev–Trinajstić information content (AvgIpc) is 2.92. The van der Waals surface area contributed by atoms with Gasteiger partial charge in [-0.3, -0.25) is 9.69 Å². The van der Waals surface area contributed by atoms with Crippen molar-refractivity contribution in [3.8, 4) is 0 Å². The van der Waals surface area contributed by atoms with Crippen LogP contribution in [0.2, 0.25) is 0 Å². The predicted octanol–water partition coefficient (Wildman–Crippen LogP) is 2.96. The van der Waals surface area contributed by atoms with Crippen molar-refractivity contribution < 1.29 is 4.79 Å². The van der Waals surface area contributed by atoms with Crippen LogP contribution in [-0.4, -0.2) is 29.4 Å². The van der Waals surface area contributed by atoms with Crippen LogP contribution in [0.5, 0.6) is 0 Å². The Kier molecular flexibility index (Phi) is 5.60. The molecule has 1 fully saturated rings. The molecule has 0 saturated heterocycles. The quantitative estimate of drug-likeness (QED) is 0.865. The molecule has 0 heterocycles. The Bertz CT molecular complexity index is 410. The normalized spacial score (nSPS) is 16.0. The van der Waals surface area contributed by atoms with Gasteiger partial charge in [0.05, 0.1) is 6.54 Å². The van der Waals surface area contributed by atoms with Crippen molar-refractivity contribution in [3.63, 3.8) is 0 Å². The first-order valence-corrected chi connectivity index (χ1v) is 7.72. The molecular weight excluding hydrogens is 248 g/mol. The highest BCUT2D eigenvalue weighted by atomic mass is 16.2. The number of carbonyl (C=O) groups is 1. The molecule has 20 heavy (non-hydrogen) atoms. The van der Waals surface area contributed by atoms with E-state index < -0.39 is 0 Å². The highest BCUT2D eigenvalue weighted by molar-refractivity contribution is 5.78. The van der Waals surface area contributed by atoms with E-state index >= 15 is 0 Å². The van der Waals surface area contributed by atoms with Gasteiger partial charge in [0.2, 0.25) is 5.91 Å². The van der Waals surface area contributed by atoms with E-state index in [4.69, 9.17) is 0 Å². The van der Waals surface area contributed by atoms with Gasteiger partial charge < -0.3 is 5.32 Å². The molecule has 0 radical (unpaired) electrons. The fraction of sp³-hybridized carbons (Fsp3) is 0.588. The minimum atomic E-state index is 0.168. The van der Waals surface area contributed by atoms with Crippen LogP contribution >= 0.6 is 0 Å². The van der Waals surface area contributed by atoms with Crippen molar-refractivity contribution >= 4 is 5.91 Å². The van der Waals surface area contributed by atoms with Crippen molar-refractivity contribution in [2.75, 3.05) is 6.54 Å². The summed E-state index contributed by atoms with van der Waals surface area (Å²) < 4.78 is 0. The van der Waals surface area contributed by atoms with Crippen LogP contribution in [0.15, 0.2) is 30.3 Å². The van der Waals surface area contributed by atoms with Crippen LogP contribution in [0.25, 0.3) is 0 Å². The second kappa shape index (κ2) is 7.44. The molecule has 1 aliphatic rings. The summed E-state index contributed by atoms with van der Waals surface area (Å²) >= 11 is 0. The lowest BCUT2D eigenvalue weighted by Crippen LogP contribution is -2.43. The van der Waals surface area contributed by atoms with E-state index in [1.165, 1.54) is 18.4 Å². The number of hydrogen-bond donors (Lipinski definition) is 1. The summed E-state index contributed by atoms with van der Waals surface area (Å²) in [5.74, 6) is 0.168. The van der Waals surface area contributed by atoms with E-state index in [0.29, 0.717) is 18.6 Å². The van der Waals surface area contributed by atoms with Gasteiger partial charge >= 0.3 is 0 Å².